The molecule has 0 radical (unpaired) electrons. The number of hydrogen-bond donors (Lipinski definition) is 1. The second kappa shape index (κ2) is 6.20. The van der Waals surface area contributed by atoms with Crippen LogP contribution in [0.15, 0.2) is 48.2 Å². The third-order valence-electron chi connectivity index (χ3n) is 3.42. The number of nitrogens with zero attached hydrogens (tertiary/aromatic N) is 3. The van der Waals surface area contributed by atoms with Crippen molar-refractivity contribution in [3.63, 3.8) is 0 Å². The maximum absolute atomic E-state index is 10.4. The zero-order chi connectivity index (χ0) is 14.7. The normalized spacial score (nSPS) is 12.5. The molecule has 1 atom stereocenters. The van der Waals surface area contributed by atoms with Crippen LogP contribution in [0.4, 0.5) is 0 Å². The molecule has 0 saturated carbocycles. The first-order valence-electron chi connectivity index (χ1n) is 6.96. The Morgan fingerprint density at radius 2 is 2.10 bits per heavy atom. The SMILES string of the molecule is CCn1cncc1C(O)Cc1nc(-c2ccccc2)cs1. The lowest BCUT2D eigenvalue weighted by Gasteiger charge is -2.10. The highest BCUT2D eigenvalue weighted by Gasteiger charge is 2.15. The molecular weight excluding hydrogens is 282 g/mol. The summed E-state index contributed by atoms with van der Waals surface area (Å²) < 4.78 is 1.95. The van der Waals surface area contributed by atoms with Crippen molar-refractivity contribution in [3.05, 3.63) is 58.9 Å². The van der Waals surface area contributed by atoms with Crippen LogP contribution in [0, 0.1) is 0 Å². The van der Waals surface area contributed by atoms with Gasteiger partial charge < -0.3 is 9.67 Å². The second-order valence-corrected chi connectivity index (χ2v) is 5.76. The van der Waals surface area contributed by atoms with Crippen LogP contribution in [-0.4, -0.2) is 19.6 Å². The molecule has 4 nitrogen and oxygen atoms in total. The molecule has 0 amide bonds. The summed E-state index contributed by atoms with van der Waals surface area (Å²) in [6.07, 6.45) is 3.42. The van der Waals surface area contributed by atoms with Crippen LogP contribution in [0.3, 0.4) is 0 Å². The van der Waals surface area contributed by atoms with Crippen molar-refractivity contribution in [3.8, 4) is 11.3 Å². The molecule has 0 aliphatic carbocycles. The van der Waals surface area contributed by atoms with E-state index < -0.39 is 6.10 Å². The molecule has 0 bridgehead atoms. The van der Waals surface area contributed by atoms with E-state index in [1.54, 1.807) is 23.9 Å². The molecule has 3 rings (SSSR count). The van der Waals surface area contributed by atoms with E-state index in [4.69, 9.17) is 0 Å². The van der Waals surface area contributed by atoms with Gasteiger partial charge in [-0.05, 0) is 6.92 Å². The van der Waals surface area contributed by atoms with Crippen LogP contribution < -0.4 is 0 Å². The van der Waals surface area contributed by atoms with Crippen molar-refractivity contribution in [1.29, 1.82) is 0 Å². The Hall–Kier alpha value is -1.98. The minimum absolute atomic E-state index is 0.517. The first kappa shape index (κ1) is 14.0. The van der Waals surface area contributed by atoms with E-state index >= 15 is 0 Å². The number of hydrogen-bond acceptors (Lipinski definition) is 4. The highest BCUT2D eigenvalue weighted by molar-refractivity contribution is 7.09. The predicted molar refractivity (Wildman–Crippen MR) is 84.1 cm³/mol. The molecule has 0 spiro atoms. The van der Waals surface area contributed by atoms with Crippen molar-refractivity contribution >= 4 is 11.3 Å². The third kappa shape index (κ3) is 3.04. The summed E-state index contributed by atoms with van der Waals surface area (Å²) in [4.78, 5) is 8.71. The maximum Gasteiger partial charge on any atom is 0.102 e. The minimum atomic E-state index is -0.567. The van der Waals surface area contributed by atoms with E-state index in [2.05, 4.69) is 9.97 Å². The van der Waals surface area contributed by atoms with E-state index in [1.165, 1.54) is 0 Å². The van der Waals surface area contributed by atoms with Gasteiger partial charge in [-0.2, -0.15) is 0 Å². The molecule has 1 unspecified atom stereocenters. The molecule has 0 aliphatic rings. The maximum atomic E-state index is 10.4. The Morgan fingerprint density at radius 1 is 1.29 bits per heavy atom. The summed E-state index contributed by atoms with van der Waals surface area (Å²) in [6.45, 7) is 2.84. The van der Waals surface area contributed by atoms with Crippen molar-refractivity contribution in [2.75, 3.05) is 0 Å². The number of aliphatic hydroxyl groups excluding tert-OH is 1. The molecule has 3 aromatic rings. The first-order valence-corrected chi connectivity index (χ1v) is 7.83. The summed E-state index contributed by atoms with van der Waals surface area (Å²) in [5.41, 5.74) is 2.91. The Balaban J connectivity index is 1.76. The topological polar surface area (TPSA) is 50.9 Å². The summed E-state index contributed by atoms with van der Waals surface area (Å²) in [5.74, 6) is 0. The molecule has 108 valence electrons. The predicted octanol–water partition coefficient (Wildman–Crippen LogP) is 3.30. The number of benzene rings is 1. The average molecular weight is 299 g/mol. The van der Waals surface area contributed by atoms with Crippen LogP contribution >= 0.6 is 11.3 Å². The zero-order valence-electron chi connectivity index (χ0n) is 11.8. The van der Waals surface area contributed by atoms with Gasteiger partial charge in [-0.1, -0.05) is 30.3 Å². The highest BCUT2D eigenvalue weighted by atomic mass is 32.1. The second-order valence-electron chi connectivity index (χ2n) is 4.82. The summed E-state index contributed by atoms with van der Waals surface area (Å²) in [6, 6.07) is 10.1. The molecular formula is C16H17N3OS. The fraction of sp³-hybridized carbons (Fsp3) is 0.250. The lowest BCUT2D eigenvalue weighted by molar-refractivity contribution is 0.169. The van der Waals surface area contributed by atoms with Crippen LogP contribution in [0.5, 0.6) is 0 Å². The number of aryl methyl sites for hydroxylation is 1. The third-order valence-corrected chi connectivity index (χ3v) is 4.29. The van der Waals surface area contributed by atoms with Crippen LogP contribution in [0.2, 0.25) is 0 Å². The van der Waals surface area contributed by atoms with E-state index in [1.807, 2.05) is 47.2 Å². The molecule has 0 aliphatic heterocycles. The van der Waals surface area contributed by atoms with Crippen molar-refractivity contribution in [1.82, 2.24) is 14.5 Å². The van der Waals surface area contributed by atoms with Gasteiger partial charge in [0.05, 0.1) is 28.9 Å². The van der Waals surface area contributed by atoms with Gasteiger partial charge in [0, 0.05) is 23.9 Å². The molecule has 5 heteroatoms. The van der Waals surface area contributed by atoms with Crippen molar-refractivity contribution < 1.29 is 5.11 Å². The number of aliphatic hydroxyl groups is 1. The van der Waals surface area contributed by atoms with Crippen LogP contribution in [0.25, 0.3) is 11.3 Å². The smallest absolute Gasteiger partial charge is 0.102 e. The molecule has 2 heterocycles. The van der Waals surface area contributed by atoms with E-state index in [9.17, 15) is 5.11 Å². The van der Waals surface area contributed by atoms with Gasteiger partial charge in [0.1, 0.15) is 6.10 Å². The minimum Gasteiger partial charge on any atom is -0.386 e. The van der Waals surface area contributed by atoms with Crippen LogP contribution in [-0.2, 0) is 13.0 Å². The Morgan fingerprint density at radius 3 is 2.86 bits per heavy atom. The molecule has 0 fully saturated rings. The lowest BCUT2D eigenvalue weighted by Crippen LogP contribution is -2.08. The summed E-state index contributed by atoms with van der Waals surface area (Å²) in [7, 11) is 0. The molecule has 2 aromatic heterocycles. The van der Waals surface area contributed by atoms with Crippen molar-refractivity contribution in [2.45, 2.75) is 26.0 Å². The van der Waals surface area contributed by atoms with Gasteiger partial charge in [0.25, 0.3) is 0 Å². The Bertz CT molecular complexity index is 705. The van der Waals surface area contributed by atoms with Gasteiger partial charge in [0.15, 0.2) is 0 Å². The monoisotopic (exact) mass is 299 g/mol. The number of imidazole rings is 1. The fourth-order valence-electron chi connectivity index (χ4n) is 2.29. The fourth-order valence-corrected chi connectivity index (χ4v) is 3.13. The Labute approximate surface area is 127 Å². The molecule has 1 N–H and O–H groups in total. The Kier molecular flexibility index (Phi) is 4.13. The van der Waals surface area contributed by atoms with Gasteiger partial charge in [-0.25, -0.2) is 9.97 Å². The van der Waals surface area contributed by atoms with Crippen LogP contribution in [0.1, 0.15) is 23.7 Å². The molecule has 21 heavy (non-hydrogen) atoms. The standard InChI is InChI=1S/C16H17N3OS/c1-2-19-11-17-9-14(19)15(20)8-16-18-13(10-21-16)12-6-4-3-5-7-12/h3-7,9-11,15,20H,2,8H2,1H3. The number of thiazole rings is 1. The van der Waals surface area contributed by atoms with Crippen molar-refractivity contribution in [2.24, 2.45) is 0 Å². The zero-order valence-corrected chi connectivity index (χ0v) is 12.6. The van der Waals surface area contributed by atoms with E-state index in [-0.39, 0.29) is 0 Å². The van der Waals surface area contributed by atoms with Gasteiger partial charge in [0.2, 0.25) is 0 Å². The quantitative estimate of drug-likeness (QED) is 0.786. The van der Waals surface area contributed by atoms with Gasteiger partial charge in [-0.3, -0.25) is 0 Å². The summed E-state index contributed by atoms with van der Waals surface area (Å²) in [5, 5.41) is 13.3. The van der Waals surface area contributed by atoms with E-state index in [0.29, 0.717) is 6.42 Å². The van der Waals surface area contributed by atoms with E-state index in [0.717, 1.165) is 28.5 Å². The molecule has 0 saturated heterocycles. The summed E-state index contributed by atoms with van der Waals surface area (Å²) >= 11 is 1.58. The van der Waals surface area contributed by atoms with Gasteiger partial charge >= 0.3 is 0 Å². The highest BCUT2D eigenvalue weighted by Crippen LogP contribution is 2.25. The average Bonchev–Trinajstić information content (AvgIpc) is 3.16. The number of aromatic nitrogens is 3. The number of rotatable bonds is 5. The van der Waals surface area contributed by atoms with Gasteiger partial charge in [-0.15, -0.1) is 11.3 Å². The first-order chi connectivity index (χ1) is 10.3. The lowest BCUT2D eigenvalue weighted by atomic mass is 10.2. The molecule has 1 aromatic carbocycles. The largest absolute Gasteiger partial charge is 0.386 e.